The van der Waals surface area contributed by atoms with Gasteiger partial charge in [0.1, 0.15) is 0 Å². The van der Waals surface area contributed by atoms with Gasteiger partial charge in [-0.15, -0.1) is 0 Å². The van der Waals surface area contributed by atoms with Gasteiger partial charge < -0.3 is 0 Å². The molecule has 0 fully saturated rings. The van der Waals surface area contributed by atoms with Crippen molar-refractivity contribution in [1.29, 1.82) is 0 Å². The van der Waals surface area contributed by atoms with Gasteiger partial charge in [-0.3, -0.25) is 0 Å². The molecule has 0 amide bonds. The van der Waals surface area contributed by atoms with Gasteiger partial charge in [-0.25, -0.2) is 0 Å². The molecule has 80 valence electrons. The summed E-state index contributed by atoms with van der Waals surface area (Å²) in [6.07, 6.45) is 0. The van der Waals surface area contributed by atoms with Crippen molar-refractivity contribution >= 4 is 8.32 Å². The van der Waals surface area contributed by atoms with Crippen LogP contribution in [0.3, 0.4) is 0 Å². The normalized spacial score (nSPS) is 14.8. The topological polar surface area (TPSA) is 58.9 Å². The Morgan fingerprint density at radius 2 is 1.46 bits per heavy atom. The molecule has 0 spiro atoms. The van der Waals surface area contributed by atoms with Crippen molar-refractivity contribution in [2.24, 2.45) is 0 Å². The van der Waals surface area contributed by atoms with Gasteiger partial charge in [0.05, 0.1) is 0 Å². The molecule has 0 rings (SSSR count). The molecular formula is C7H20O4SiZr. The van der Waals surface area contributed by atoms with Crippen LogP contribution in [0.1, 0.15) is 20.8 Å². The summed E-state index contributed by atoms with van der Waals surface area (Å²) in [5, 5.41) is 0. The Kier molecular flexibility index (Phi) is 4.51. The van der Waals surface area contributed by atoms with Crippen LogP contribution >= 0.6 is 0 Å². The van der Waals surface area contributed by atoms with Gasteiger partial charge in [0.15, 0.2) is 0 Å². The molecule has 6 heteroatoms. The second kappa shape index (κ2) is 4.21. The average molecular weight is 288 g/mol. The summed E-state index contributed by atoms with van der Waals surface area (Å²) in [5.74, 6) is 0. The van der Waals surface area contributed by atoms with Crippen molar-refractivity contribution in [3.8, 4) is 0 Å². The first-order valence-electron chi connectivity index (χ1n) is 4.26. The maximum atomic E-state index is 9.54. The van der Waals surface area contributed by atoms with Crippen molar-refractivity contribution in [1.82, 2.24) is 0 Å². The molecule has 2 N–H and O–H groups in total. The number of hydrogen-bond acceptors (Lipinski definition) is 4. The van der Waals surface area contributed by atoms with Crippen LogP contribution in [0.2, 0.25) is 19.6 Å². The molecule has 0 aliphatic heterocycles. The van der Waals surface area contributed by atoms with Crippen LogP contribution in [-0.4, -0.2) is 20.3 Å². The van der Waals surface area contributed by atoms with E-state index in [9.17, 15) is 6.37 Å². The third-order valence-electron chi connectivity index (χ3n) is 0.878. The van der Waals surface area contributed by atoms with E-state index < -0.39 is 35.9 Å². The van der Waals surface area contributed by atoms with E-state index in [1.807, 2.05) is 19.6 Å². The fraction of sp³-hybridized carbons (Fsp3) is 1.00. The van der Waals surface area contributed by atoms with Gasteiger partial charge in [0.25, 0.3) is 0 Å². The van der Waals surface area contributed by atoms with Crippen molar-refractivity contribution in [2.45, 2.75) is 46.0 Å². The third-order valence-corrected chi connectivity index (χ3v) is 10.4. The summed E-state index contributed by atoms with van der Waals surface area (Å²) < 4.78 is 29.5. The molecule has 0 aromatic carbocycles. The van der Waals surface area contributed by atoms with Crippen LogP contribution in [-0.2, 0) is 27.3 Å². The standard InChI is InChI=1S/C4H9O.C3H9OSi.2H2O.Zr/c1-4(2,3)5;1-5(2,3)4;;;/h2*1-3H3;2*1H2;/q2*-1;;;+4/p-2. The Hall–Kier alpha value is 0.940. The Balaban J connectivity index is 4.25. The predicted octanol–water partition coefficient (Wildman–Crippen LogP) is 1.45. The first kappa shape index (κ1) is 13.9. The van der Waals surface area contributed by atoms with Gasteiger partial charge in [0.2, 0.25) is 0 Å². The number of rotatable bonds is 3. The van der Waals surface area contributed by atoms with Crippen LogP contribution in [0.15, 0.2) is 0 Å². The fourth-order valence-electron chi connectivity index (χ4n) is 0.819. The zero-order chi connectivity index (χ0) is 10.9. The minimum absolute atomic E-state index is 0.556. The van der Waals surface area contributed by atoms with Crippen LogP contribution in [0.5, 0.6) is 0 Å². The van der Waals surface area contributed by atoms with E-state index in [4.69, 9.17) is 5.32 Å². The summed E-state index contributed by atoms with van der Waals surface area (Å²) in [7, 11) is -1.92. The zero-order valence-corrected chi connectivity index (χ0v) is 12.7. The average Bonchev–Trinajstić information content (AvgIpc) is 1.43. The molecule has 13 heavy (non-hydrogen) atoms. The molecular weight excluding hydrogens is 267 g/mol. The van der Waals surface area contributed by atoms with Crippen molar-refractivity contribution < 1.29 is 33.7 Å². The summed E-state index contributed by atoms with van der Waals surface area (Å²) in [6, 6.07) is 0. The second-order valence-electron chi connectivity index (χ2n) is 4.98. The predicted molar refractivity (Wildman–Crippen MR) is 49.7 cm³/mol. The molecule has 0 aromatic rings. The summed E-state index contributed by atoms with van der Waals surface area (Å²) in [5.41, 5.74) is -0.556. The van der Waals surface area contributed by atoms with Crippen LogP contribution in [0.4, 0.5) is 0 Å². The molecule has 0 bridgehead atoms. The molecule has 0 radical (unpaired) electrons. The van der Waals surface area contributed by atoms with Crippen LogP contribution in [0.25, 0.3) is 0 Å². The summed E-state index contributed by atoms with van der Waals surface area (Å²) >= 11 is -4.65. The first-order valence-corrected chi connectivity index (χ1v) is 11.9. The Morgan fingerprint density at radius 3 is 1.69 bits per heavy atom. The minimum atomic E-state index is -4.65. The summed E-state index contributed by atoms with van der Waals surface area (Å²) in [4.78, 5) is 0. The molecule has 0 unspecified atom stereocenters. The Bertz CT molecular complexity index is 152. The van der Waals surface area contributed by atoms with Gasteiger partial charge in [0, 0.05) is 0 Å². The van der Waals surface area contributed by atoms with Gasteiger partial charge in [-0.2, -0.15) is 0 Å². The van der Waals surface area contributed by atoms with Crippen molar-refractivity contribution in [2.75, 3.05) is 0 Å². The molecule has 0 atom stereocenters. The van der Waals surface area contributed by atoms with E-state index >= 15 is 0 Å². The molecule has 0 heterocycles. The van der Waals surface area contributed by atoms with Crippen LogP contribution in [0, 0.1) is 0 Å². The number of hydrogen-bond donors (Lipinski definition) is 2. The molecule has 0 saturated carbocycles. The molecule has 0 saturated heterocycles. The van der Waals surface area contributed by atoms with Gasteiger partial charge >= 0.3 is 88.0 Å². The molecule has 0 aliphatic carbocycles. The van der Waals surface area contributed by atoms with Crippen molar-refractivity contribution in [3.05, 3.63) is 0 Å². The fourth-order valence-corrected chi connectivity index (χ4v) is 9.81. The third kappa shape index (κ3) is 9.25. The van der Waals surface area contributed by atoms with Crippen LogP contribution < -0.4 is 0 Å². The van der Waals surface area contributed by atoms with Gasteiger partial charge in [-0.05, 0) is 0 Å². The van der Waals surface area contributed by atoms with E-state index in [0.29, 0.717) is 0 Å². The van der Waals surface area contributed by atoms with E-state index in [2.05, 4.69) is 0 Å². The van der Waals surface area contributed by atoms with E-state index in [0.717, 1.165) is 0 Å². The monoisotopic (exact) mass is 286 g/mol. The molecule has 0 aliphatic rings. The zero-order valence-electron chi connectivity index (χ0n) is 9.21. The maximum absolute atomic E-state index is 9.54. The van der Waals surface area contributed by atoms with E-state index in [1.54, 1.807) is 20.8 Å². The SMILES string of the molecule is CC(C)(C)[O][Zr]([OH])([OH])[O][Si](C)(C)C. The Labute approximate surface area is 87.9 Å². The summed E-state index contributed by atoms with van der Waals surface area (Å²) in [6.45, 7) is 11.0. The molecule has 4 nitrogen and oxygen atoms in total. The molecule has 0 aromatic heterocycles. The van der Waals surface area contributed by atoms with E-state index in [1.165, 1.54) is 0 Å². The quantitative estimate of drug-likeness (QED) is 0.772. The Morgan fingerprint density at radius 1 is 1.08 bits per heavy atom. The van der Waals surface area contributed by atoms with E-state index in [-0.39, 0.29) is 0 Å². The first-order chi connectivity index (χ1) is 5.41. The second-order valence-corrected chi connectivity index (χ2v) is 14.1. The van der Waals surface area contributed by atoms with Crippen molar-refractivity contribution in [3.63, 3.8) is 0 Å². The van der Waals surface area contributed by atoms with Gasteiger partial charge in [-0.1, -0.05) is 0 Å².